The number of carbonyl (C=O) groups excluding carboxylic acids is 1. The van der Waals surface area contributed by atoms with Crippen LogP contribution in [-0.4, -0.2) is 25.4 Å². The highest BCUT2D eigenvalue weighted by Gasteiger charge is 2.53. The zero-order chi connectivity index (χ0) is 25.1. The van der Waals surface area contributed by atoms with Crippen molar-refractivity contribution in [1.82, 2.24) is 0 Å². The first-order chi connectivity index (χ1) is 15.9. The summed E-state index contributed by atoms with van der Waals surface area (Å²) in [6.07, 6.45) is -3.96. The Morgan fingerprint density at radius 1 is 1.06 bits per heavy atom. The molecule has 0 aliphatic carbocycles. The van der Waals surface area contributed by atoms with Gasteiger partial charge in [0.1, 0.15) is 30.0 Å². The van der Waals surface area contributed by atoms with E-state index in [0.29, 0.717) is 10.9 Å². The fraction of sp³-hybridized carbons (Fsp3) is 0.308. The maximum atomic E-state index is 13.7. The number of fused-ring (bicyclic) bond motifs is 1. The van der Waals surface area contributed by atoms with Gasteiger partial charge in [0.15, 0.2) is 0 Å². The van der Waals surface area contributed by atoms with Gasteiger partial charge in [-0.15, -0.1) is 0 Å². The predicted molar refractivity (Wildman–Crippen MR) is 123 cm³/mol. The molecule has 0 saturated heterocycles. The zero-order valence-electron chi connectivity index (χ0n) is 19.1. The molecule has 0 bridgehead atoms. The lowest BCUT2D eigenvalue weighted by Gasteiger charge is -2.31. The Morgan fingerprint density at radius 2 is 1.76 bits per heavy atom. The molecule has 0 amide bonds. The number of aryl methyl sites for hydroxylation is 1. The van der Waals surface area contributed by atoms with Gasteiger partial charge in [0.05, 0.1) is 5.56 Å². The van der Waals surface area contributed by atoms with Crippen molar-refractivity contribution in [1.29, 1.82) is 0 Å². The number of halogens is 3. The number of rotatable bonds is 8. The van der Waals surface area contributed by atoms with Crippen LogP contribution in [0.4, 0.5) is 13.2 Å². The van der Waals surface area contributed by atoms with Crippen LogP contribution >= 0.6 is 0 Å². The Labute approximate surface area is 194 Å². The summed E-state index contributed by atoms with van der Waals surface area (Å²) >= 11 is 0. The number of hydrogen-bond donors (Lipinski definition) is 0. The first kappa shape index (κ1) is 25.1. The fourth-order valence-corrected chi connectivity index (χ4v) is 3.26. The van der Waals surface area contributed by atoms with Gasteiger partial charge in [0, 0.05) is 17.0 Å². The Hall–Kier alpha value is -3.55. The summed E-state index contributed by atoms with van der Waals surface area (Å²) in [4.78, 5) is 24.2. The highest BCUT2D eigenvalue weighted by Crippen LogP contribution is 2.39. The largest absolute Gasteiger partial charge is 0.492 e. The molecule has 34 heavy (non-hydrogen) atoms. The van der Waals surface area contributed by atoms with Gasteiger partial charge in [0.25, 0.3) is 0 Å². The number of esters is 1. The Morgan fingerprint density at radius 3 is 2.41 bits per heavy atom. The minimum Gasteiger partial charge on any atom is -0.492 e. The molecule has 5 nitrogen and oxygen atoms in total. The molecule has 0 saturated carbocycles. The molecule has 3 rings (SSSR count). The maximum Gasteiger partial charge on any atom is 0.400 e. The standard InChI is InChI=1S/C26H25F3O5/c1-5-17-8-6-7-9-20(17)21-12-18-10-11-19(13-22(18)34-24(21)31)32-14-25(4,26(27,28)29)15-33-23(30)16(2)3/h6-13H,2,5,14-15H2,1,3-4H3. The van der Waals surface area contributed by atoms with Crippen molar-refractivity contribution in [3.05, 3.63) is 76.7 Å². The van der Waals surface area contributed by atoms with Crippen molar-refractivity contribution in [2.24, 2.45) is 5.41 Å². The summed E-state index contributed by atoms with van der Waals surface area (Å²) in [5, 5.41) is 0.599. The molecule has 0 N–H and O–H groups in total. The Balaban J connectivity index is 1.86. The molecular weight excluding hydrogens is 449 g/mol. The summed E-state index contributed by atoms with van der Waals surface area (Å²) in [6.45, 7) is 5.86. The van der Waals surface area contributed by atoms with Crippen molar-refractivity contribution in [2.45, 2.75) is 33.4 Å². The van der Waals surface area contributed by atoms with Crippen molar-refractivity contribution >= 4 is 16.9 Å². The van der Waals surface area contributed by atoms with Gasteiger partial charge in [0.2, 0.25) is 0 Å². The summed E-state index contributed by atoms with van der Waals surface area (Å²) < 4.78 is 56.6. The third-order valence-corrected chi connectivity index (χ3v) is 5.51. The SMILES string of the molecule is C=C(C)C(=O)OCC(C)(COc1ccc2cc(-c3ccccc3CC)c(=O)oc2c1)C(F)(F)F. The van der Waals surface area contributed by atoms with E-state index < -0.39 is 36.4 Å². The second-order valence-corrected chi connectivity index (χ2v) is 8.36. The number of ether oxygens (including phenoxy) is 2. The van der Waals surface area contributed by atoms with Gasteiger partial charge < -0.3 is 13.9 Å². The lowest BCUT2D eigenvalue weighted by atomic mass is 9.92. The fourth-order valence-electron chi connectivity index (χ4n) is 3.26. The van der Waals surface area contributed by atoms with E-state index in [9.17, 15) is 22.8 Å². The van der Waals surface area contributed by atoms with Gasteiger partial charge in [-0.25, -0.2) is 9.59 Å². The summed E-state index contributed by atoms with van der Waals surface area (Å²) in [5.41, 5.74) is -0.667. The van der Waals surface area contributed by atoms with E-state index in [1.807, 2.05) is 31.2 Å². The lowest BCUT2D eigenvalue weighted by molar-refractivity contribution is -0.240. The first-order valence-electron chi connectivity index (χ1n) is 10.6. The maximum absolute atomic E-state index is 13.7. The van der Waals surface area contributed by atoms with Gasteiger partial charge in [-0.05, 0) is 49.6 Å². The van der Waals surface area contributed by atoms with Crippen LogP contribution < -0.4 is 10.4 Å². The Bertz CT molecular complexity index is 1280. The highest BCUT2D eigenvalue weighted by molar-refractivity contribution is 5.87. The normalized spacial score (nSPS) is 13.4. The summed E-state index contributed by atoms with van der Waals surface area (Å²) in [6, 6.07) is 13.7. The van der Waals surface area contributed by atoms with Gasteiger partial charge in [-0.1, -0.05) is 37.8 Å². The number of carbonyl (C=O) groups is 1. The van der Waals surface area contributed by atoms with Crippen molar-refractivity contribution in [2.75, 3.05) is 13.2 Å². The minimum atomic E-state index is -4.70. The molecule has 1 atom stereocenters. The first-order valence-corrected chi connectivity index (χ1v) is 10.6. The smallest absolute Gasteiger partial charge is 0.400 e. The molecule has 0 radical (unpaired) electrons. The van der Waals surface area contributed by atoms with E-state index in [0.717, 1.165) is 24.5 Å². The number of alkyl halides is 3. The van der Waals surface area contributed by atoms with E-state index in [1.165, 1.54) is 19.1 Å². The van der Waals surface area contributed by atoms with Crippen LogP contribution in [0.15, 0.2) is 69.9 Å². The van der Waals surface area contributed by atoms with E-state index in [2.05, 4.69) is 6.58 Å². The number of hydrogen-bond acceptors (Lipinski definition) is 5. The van der Waals surface area contributed by atoms with Crippen molar-refractivity contribution in [3.8, 4) is 16.9 Å². The second-order valence-electron chi connectivity index (χ2n) is 8.36. The molecule has 1 unspecified atom stereocenters. The van der Waals surface area contributed by atoms with Crippen molar-refractivity contribution in [3.63, 3.8) is 0 Å². The van der Waals surface area contributed by atoms with Gasteiger partial charge in [-0.3, -0.25) is 0 Å². The molecule has 1 heterocycles. The van der Waals surface area contributed by atoms with Crippen LogP contribution in [0, 0.1) is 5.41 Å². The highest BCUT2D eigenvalue weighted by atomic mass is 19.4. The van der Waals surface area contributed by atoms with Gasteiger partial charge in [-0.2, -0.15) is 13.2 Å². The van der Waals surface area contributed by atoms with Crippen LogP contribution in [0.3, 0.4) is 0 Å². The molecule has 8 heteroatoms. The zero-order valence-corrected chi connectivity index (χ0v) is 19.1. The second kappa shape index (κ2) is 9.75. The summed E-state index contributed by atoms with van der Waals surface area (Å²) in [5.74, 6) is -0.831. The van der Waals surface area contributed by atoms with Crippen molar-refractivity contribution < 1.29 is 31.9 Å². The van der Waals surface area contributed by atoms with E-state index in [-0.39, 0.29) is 16.9 Å². The number of benzene rings is 2. The van der Waals surface area contributed by atoms with Crippen LogP contribution in [0.1, 0.15) is 26.3 Å². The monoisotopic (exact) mass is 474 g/mol. The topological polar surface area (TPSA) is 65.7 Å². The molecule has 0 spiro atoms. The third kappa shape index (κ3) is 5.32. The Kier molecular flexibility index (Phi) is 7.19. The van der Waals surface area contributed by atoms with Crippen LogP contribution in [0.25, 0.3) is 22.1 Å². The lowest BCUT2D eigenvalue weighted by Crippen LogP contribution is -2.44. The van der Waals surface area contributed by atoms with E-state index in [1.54, 1.807) is 12.1 Å². The average molecular weight is 474 g/mol. The third-order valence-electron chi connectivity index (χ3n) is 5.51. The molecule has 3 aromatic rings. The minimum absolute atomic E-state index is 0.00377. The quantitative estimate of drug-likeness (QED) is 0.225. The molecule has 2 aromatic carbocycles. The summed E-state index contributed by atoms with van der Waals surface area (Å²) in [7, 11) is 0. The van der Waals surface area contributed by atoms with Crippen LogP contribution in [-0.2, 0) is 16.0 Å². The molecule has 0 aliphatic rings. The molecule has 0 fully saturated rings. The van der Waals surface area contributed by atoms with Crippen LogP contribution in [0.2, 0.25) is 0 Å². The predicted octanol–water partition coefficient (Wildman–Crippen LogP) is 6.09. The van der Waals surface area contributed by atoms with E-state index >= 15 is 0 Å². The molecular formula is C26H25F3O5. The molecule has 180 valence electrons. The van der Waals surface area contributed by atoms with Crippen LogP contribution in [0.5, 0.6) is 5.75 Å². The molecule has 1 aromatic heterocycles. The van der Waals surface area contributed by atoms with Gasteiger partial charge >= 0.3 is 17.8 Å². The average Bonchev–Trinajstić information content (AvgIpc) is 2.79. The molecule has 0 aliphatic heterocycles. The van der Waals surface area contributed by atoms with E-state index in [4.69, 9.17) is 13.9 Å².